The number of nitrogens with zero attached hydrogens (tertiary/aromatic N) is 1. The van der Waals surface area contributed by atoms with E-state index in [0.717, 1.165) is 0 Å². The number of benzene rings is 1. The van der Waals surface area contributed by atoms with Gasteiger partial charge >= 0.3 is 0 Å². The number of amides is 1. The van der Waals surface area contributed by atoms with Crippen molar-refractivity contribution in [3.8, 4) is 5.75 Å². The van der Waals surface area contributed by atoms with E-state index in [0.29, 0.717) is 36.7 Å². The van der Waals surface area contributed by atoms with Gasteiger partial charge in [-0.2, -0.15) is 0 Å². The van der Waals surface area contributed by atoms with Gasteiger partial charge < -0.3 is 25.2 Å². The van der Waals surface area contributed by atoms with Crippen molar-refractivity contribution in [1.82, 2.24) is 4.90 Å². The number of hydrogen-bond acceptors (Lipinski definition) is 5. The summed E-state index contributed by atoms with van der Waals surface area (Å²) >= 11 is 0. The van der Waals surface area contributed by atoms with Gasteiger partial charge in [-0.3, -0.25) is 4.79 Å². The van der Waals surface area contributed by atoms with Gasteiger partial charge in [-0.05, 0) is 12.1 Å². The van der Waals surface area contributed by atoms with Crippen LogP contribution in [0.4, 0.5) is 5.69 Å². The van der Waals surface area contributed by atoms with E-state index < -0.39 is 0 Å². The van der Waals surface area contributed by atoms with Gasteiger partial charge in [0.1, 0.15) is 5.75 Å². The molecule has 0 saturated carbocycles. The Morgan fingerprint density at radius 1 is 1.58 bits per heavy atom. The molecule has 0 spiro atoms. The van der Waals surface area contributed by atoms with Crippen LogP contribution in [0.15, 0.2) is 18.2 Å². The summed E-state index contributed by atoms with van der Waals surface area (Å²) in [5.74, 6) is 0.419. The molecule has 1 aliphatic rings. The number of nitrogen functional groups attached to an aromatic ring is 1. The van der Waals surface area contributed by atoms with E-state index in [-0.39, 0.29) is 18.6 Å². The summed E-state index contributed by atoms with van der Waals surface area (Å²) in [6.07, 6.45) is -0.319. The third-order valence-corrected chi connectivity index (χ3v) is 3.04. The van der Waals surface area contributed by atoms with Crippen LogP contribution in [-0.2, 0) is 4.74 Å². The molecule has 0 bridgehead atoms. The zero-order chi connectivity index (χ0) is 13.8. The standard InChI is InChI=1S/C13H18N2O4/c1-18-11-5-9(4-10(14)6-11)13(17)15-2-3-19-12(7-15)8-16/h4-6,12,16H,2-3,7-8,14H2,1H3. The Morgan fingerprint density at radius 3 is 3.05 bits per heavy atom. The largest absolute Gasteiger partial charge is 0.497 e. The second-order valence-electron chi connectivity index (χ2n) is 4.42. The van der Waals surface area contributed by atoms with E-state index in [9.17, 15) is 4.79 Å². The average molecular weight is 266 g/mol. The van der Waals surface area contributed by atoms with Crippen molar-refractivity contribution in [2.45, 2.75) is 6.10 Å². The van der Waals surface area contributed by atoms with Crippen LogP contribution in [0, 0.1) is 0 Å². The van der Waals surface area contributed by atoms with Gasteiger partial charge in [0.05, 0.1) is 26.4 Å². The fourth-order valence-corrected chi connectivity index (χ4v) is 2.06. The lowest BCUT2D eigenvalue weighted by molar-refractivity contribution is -0.0447. The third kappa shape index (κ3) is 3.15. The summed E-state index contributed by atoms with van der Waals surface area (Å²) in [4.78, 5) is 14.0. The Balaban J connectivity index is 2.16. The van der Waals surface area contributed by atoms with E-state index in [1.165, 1.54) is 7.11 Å². The average Bonchev–Trinajstić information content (AvgIpc) is 2.45. The van der Waals surface area contributed by atoms with Gasteiger partial charge in [0.2, 0.25) is 0 Å². The highest BCUT2D eigenvalue weighted by Gasteiger charge is 2.24. The number of aliphatic hydroxyl groups is 1. The minimum Gasteiger partial charge on any atom is -0.497 e. The molecule has 2 rings (SSSR count). The fraction of sp³-hybridized carbons (Fsp3) is 0.462. The van der Waals surface area contributed by atoms with Gasteiger partial charge in [-0.25, -0.2) is 0 Å². The lowest BCUT2D eigenvalue weighted by Crippen LogP contribution is -2.46. The molecule has 1 aromatic carbocycles. The number of methoxy groups -OCH3 is 1. The number of carbonyl (C=O) groups is 1. The smallest absolute Gasteiger partial charge is 0.254 e. The number of morpholine rings is 1. The number of hydrogen-bond donors (Lipinski definition) is 2. The SMILES string of the molecule is COc1cc(N)cc(C(=O)N2CCOC(CO)C2)c1. The fourth-order valence-electron chi connectivity index (χ4n) is 2.06. The van der Waals surface area contributed by atoms with Gasteiger partial charge in [-0.1, -0.05) is 0 Å². The zero-order valence-electron chi connectivity index (χ0n) is 10.8. The van der Waals surface area contributed by atoms with Crippen molar-refractivity contribution >= 4 is 11.6 Å². The van der Waals surface area contributed by atoms with Crippen molar-refractivity contribution in [2.24, 2.45) is 0 Å². The minimum absolute atomic E-state index is 0.0932. The highest BCUT2D eigenvalue weighted by atomic mass is 16.5. The van der Waals surface area contributed by atoms with Gasteiger partial charge in [-0.15, -0.1) is 0 Å². The number of ether oxygens (including phenoxy) is 2. The minimum atomic E-state index is -0.319. The molecule has 6 heteroatoms. The Bertz CT molecular complexity index is 464. The molecule has 0 aromatic heterocycles. The Labute approximate surface area is 111 Å². The molecule has 1 saturated heterocycles. The van der Waals surface area contributed by atoms with Gasteiger partial charge in [0.25, 0.3) is 5.91 Å². The van der Waals surface area contributed by atoms with Crippen molar-refractivity contribution in [3.63, 3.8) is 0 Å². The molecule has 19 heavy (non-hydrogen) atoms. The topological polar surface area (TPSA) is 85.0 Å². The van der Waals surface area contributed by atoms with E-state index in [2.05, 4.69) is 0 Å². The zero-order valence-corrected chi connectivity index (χ0v) is 10.8. The Hall–Kier alpha value is -1.79. The van der Waals surface area contributed by atoms with Crippen LogP contribution in [0.2, 0.25) is 0 Å². The van der Waals surface area contributed by atoms with Gasteiger partial charge in [0.15, 0.2) is 0 Å². The first-order chi connectivity index (χ1) is 9.13. The number of rotatable bonds is 3. The summed E-state index contributed by atoms with van der Waals surface area (Å²) in [6, 6.07) is 4.93. The highest BCUT2D eigenvalue weighted by molar-refractivity contribution is 5.95. The first-order valence-corrected chi connectivity index (χ1v) is 6.10. The van der Waals surface area contributed by atoms with Crippen LogP contribution in [0.5, 0.6) is 5.75 Å². The van der Waals surface area contributed by atoms with Crippen LogP contribution in [0.3, 0.4) is 0 Å². The maximum Gasteiger partial charge on any atom is 0.254 e. The first-order valence-electron chi connectivity index (χ1n) is 6.10. The van der Waals surface area contributed by atoms with Crippen molar-refractivity contribution < 1.29 is 19.4 Å². The maximum atomic E-state index is 12.4. The molecule has 1 fully saturated rings. The number of aliphatic hydroxyl groups excluding tert-OH is 1. The molecule has 0 radical (unpaired) electrons. The molecule has 1 aliphatic heterocycles. The van der Waals surface area contributed by atoms with Crippen LogP contribution in [-0.4, -0.2) is 55.4 Å². The van der Waals surface area contributed by atoms with Crippen LogP contribution >= 0.6 is 0 Å². The quantitative estimate of drug-likeness (QED) is 0.759. The predicted molar refractivity (Wildman–Crippen MR) is 70.1 cm³/mol. The third-order valence-electron chi connectivity index (χ3n) is 3.04. The molecule has 6 nitrogen and oxygen atoms in total. The second-order valence-corrected chi connectivity index (χ2v) is 4.42. The van der Waals surface area contributed by atoms with Gasteiger partial charge in [0, 0.05) is 30.4 Å². The van der Waals surface area contributed by atoms with Crippen molar-refractivity contribution in [1.29, 1.82) is 0 Å². The molecule has 1 heterocycles. The lowest BCUT2D eigenvalue weighted by Gasteiger charge is -2.32. The molecular formula is C13H18N2O4. The monoisotopic (exact) mass is 266 g/mol. The number of anilines is 1. The van der Waals surface area contributed by atoms with Crippen molar-refractivity contribution in [3.05, 3.63) is 23.8 Å². The van der Waals surface area contributed by atoms with Crippen LogP contribution in [0.1, 0.15) is 10.4 Å². The summed E-state index contributed by atoms with van der Waals surface area (Å²) < 4.78 is 10.4. The molecule has 3 N–H and O–H groups in total. The summed E-state index contributed by atoms with van der Waals surface area (Å²) in [5.41, 5.74) is 6.70. The molecule has 104 valence electrons. The normalized spacial score (nSPS) is 19.3. The van der Waals surface area contributed by atoms with Crippen molar-refractivity contribution in [2.75, 3.05) is 39.1 Å². The summed E-state index contributed by atoms with van der Waals surface area (Å²) in [6.45, 7) is 1.22. The van der Waals surface area contributed by atoms with E-state index in [1.807, 2.05) is 0 Å². The summed E-state index contributed by atoms with van der Waals surface area (Å²) in [7, 11) is 1.53. The predicted octanol–water partition coefficient (Wildman–Crippen LogP) is 0.111. The Kier molecular flexibility index (Phi) is 4.24. The van der Waals surface area contributed by atoms with Crippen LogP contribution in [0.25, 0.3) is 0 Å². The maximum absolute atomic E-state index is 12.4. The highest BCUT2D eigenvalue weighted by Crippen LogP contribution is 2.20. The van der Waals surface area contributed by atoms with E-state index in [1.54, 1.807) is 23.1 Å². The number of carbonyl (C=O) groups excluding carboxylic acids is 1. The first kappa shape index (κ1) is 13.6. The second kappa shape index (κ2) is 5.90. The van der Waals surface area contributed by atoms with E-state index in [4.69, 9.17) is 20.3 Å². The molecule has 1 unspecified atom stereocenters. The number of nitrogens with two attached hydrogens (primary N) is 1. The van der Waals surface area contributed by atoms with E-state index >= 15 is 0 Å². The summed E-state index contributed by atoms with van der Waals surface area (Å²) in [5, 5.41) is 9.08. The molecule has 0 aliphatic carbocycles. The molecule has 1 aromatic rings. The molecular weight excluding hydrogens is 248 g/mol. The van der Waals surface area contributed by atoms with Crippen LogP contribution < -0.4 is 10.5 Å². The lowest BCUT2D eigenvalue weighted by atomic mass is 10.1. The Morgan fingerprint density at radius 2 is 2.37 bits per heavy atom. The molecule has 1 amide bonds. The molecule has 1 atom stereocenters.